The van der Waals surface area contributed by atoms with Crippen molar-refractivity contribution in [2.75, 3.05) is 14.2 Å². The number of amides is 1. The van der Waals surface area contributed by atoms with Gasteiger partial charge in [0.1, 0.15) is 0 Å². The van der Waals surface area contributed by atoms with Crippen LogP contribution in [0.25, 0.3) is 10.8 Å². The van der Waals surface area contributed by atoms with Crippen molar-refractivity contribution in [2.24, 2.45) is 0 Å². The van der Waals surface area contributed by atoms with E-state index in [9.17, 15) is 18.8 Å². The second-order valence-corrected chi connectivity index (χ2v) is 6.41. The van der Waals surface area contributed by atoms with Gasteiger partial charge in [0.2, 0.25) is 5.91 Å². The Bertz CT molecular complexity index is 1140. The molecule has 1 amide bonds. The van der Waals surface area contributed by atoms with E-state index in [0.29, 0.717) is 16.3 Å². The summed E-state index contributed by atoms with van der Waals surface area (Å²) in [6.45, 7) is 0.252. The van der Waals surface area contributed by atoms with E-state index in [0.717, 1.165) is 4.68 Å². The van der Waals surface area contributed by atoms with E-state index < -0.39 is 5.82 Å². The second-order valence-electron chi connectivity index (χ2n) is 6.41. The van der Waals surface area contributed by atoms with E-state index in [2.05, 4.69) is 5.10 Å². The Morgan fingerprint density at radius 3 is 2.57 bits per heavy atom. The molecule has 3 rings (SSSR count). The van der Waals surface area contributed by atoms with Crippen LogP contribution in [0.1, 0.15) is 12.0 Å². The summed E-state index contributed by atoms with van der Waals surface area (Å²) in [4.78, 5) is 38.4. The smallest absolute Gasteiger partial charge is 0.273 e. The summed E-state index contributed by atoms with van der Waals surface area (Å²) < 4.78 is 19.8. The van der Waals surface area contributed by atoms with E-state index in [4.69, 9.17) is 4.74 Å². The fourth-order valence-electron chi connectivity index (χ4n) is 2.97. The number of halogens is 1. The average molecular weight is 385 g/mol. The number of H-pyrrole nitrogens is 1. The molecule has 0 spiro atoms. The van der Waals surface area contributed by atoms with Gasteiger partial charge in [-0.1, -0.05) is 18.2 Å². The molecule has 0 unspecified atom stereocenters. The van der Waals surface area contributed by atoms with E-state index in [1.165, 1.54) is 24.1 Å². The van der Waals surface area contributed by atoms with Gasteiger partial charge in [0.05, 0.1) is 24.4 Å². The molecule has 0 saturated heterocycles. The predicted octanol–water partition coefficient (Wildman–Crippen LogP) is 1.89. The molecule has 0 aliphatic rings. The Morgan fingerprint density at radius 2 is 1.89 bits per heavy atom. The molecule has 8 heteroatoms. The molecule has 28 heavy (non-hydrogen) atoms. The number of benzene rings is 2. The lowest BCUT2D eigenvalue weighted by atomic mass is 10.2. The van der Waals surface area contributed by atoms with Crippen molar-refractivity contribution in [2.45, 2.75) is 19.5 Å². The molecule has 1 N–H and O–H groups in total. The molecule has 0 saturated carbocycles. The number of rotatable bonds is 6. The number of hydrogen-bond acceptors (Lipinski definition) is 4. The zero-order valence-corrected chi connectivity index (χ0v) is 15.6. The number of hydrogen-bond donors (Lipinski definition) is 1. The van der Waals surface area contributed by atoms with Crippen molar-refractivity contribution in [3.63, 3.8) is 0 Å². The fraction of sp³-hybridized carbons (Fsp3) is 0.250. The first kappa shape index (κ1) is 19.3. The van der Waals surface area contributed by atoms with Crippen LogP contribution in [0, 0.1) is 5.82 Å². The first-order valence-electron chi connectivity index (χ1n) is 8.69. The minimum Gasteiger partial charge on any atom is -0.494 e. The molecule has 2 aromatic carbocycles. The number of fused-ring (bicyclic) bond motifs is 1. The van der Waals surface area contributed by atoms with Crippen molar-refractivity contribution < 1.29 is 13.9 Å². The van der Waals surface area contributed by atoms with Crippen LogP contribution in [-0.4, -0.2) is 34.7 Å². The Labute approximate surface area is 160 Å². The van der Waals surface area contributed by atoms with Crippen LogP contribution < -0.4 is 15.9 Å². The van der Waals surface area contributed by atoms with Gasteiger partial charge in [0, 0.05) is 20.0 Å². The molecule has 0 fully saturated rings. The van der Waals surface area contributed by atoms with E-state index >= 15 is 0 Å². The monoisotopic (exact) mass is 385 g/mol. The number of aryl methyl sites for hydroxylation is 1. The van der Waals surface area contributed by atoms with Gasteiger partial charge in [-0.25, -0.2) is 9.07 Å². The highest BCUT2D eigenvalue weighted by Gasteiger charge is 2.13. The average Bonchev–Trinajstić information content (AvgIpc) is 2.69. The molecule has 0 radical (unpaired) electrons. The lowest BCUT2D eigenvalue weighted by molar-refractivity contribution is -0.130. The van der Waals surface area contributed by atoms with Crippen LogP contribution in [0.4, 0.5) is 4.39 Å². The first-order valence-corrected chi connectivity index (χ1v) is 8.69. The van der Waals surface area contributed by atoms with Gasteiger partial charge in [-0.2, -0.15) is 0 Å². The molecule has 0 aliphatic heterocycles. The molecule has 0 atom stereocenters. The summed E-state index contributed by atoms with van der Waals surface area (Å²) in [5.41, 5.74) is -0.127. The number of ether oxygens (including phenoxy) is 1. The Balaban J connectivity index is 1.69. The SMILES string of the molecule is COc1ccc(CN(C)C(=O)CCn2[nH]c(=O)c3ccccc3c2=O)cc1F. The lowest BCUT2D eigenvalue weighted by Gasteiger charge is -2.18. The van der Waals surface area contributed by atoms with Crippen molar-refractivity contribution in [1.82, 2.24) is 14.7 Å². The third kappa shape index (κ3) is 3.95. The summed E-state index contributed by atoms with van der Waals surface area (Å²) >= 11 is 0. The second kappa shape index (κ2) is 8.08. The van der Waals surface area contributed by atoms with Gasteiger partial charge in [-0.3, -0.25) is 19.5 Å². The molecule has 0 bridgehead atoms. The third-order valence-corrected chi connectivity index (χ3v) is 4.49. The van der Waals surface area contributed by atoms with Crippen molar-refractivity contribution in [3.05, 3.63) is 74.6 Å². The van der Waals surface area contributed by atoms with Gasteiger partial charge in [0.15, 0.2) is 11.6 Å². The highest BCUT2D eigenvalue weighted by Crippen LogP contribution is 2.18. The van der Waals surface area contributed by atoms with Crippen LogP contribution in [-0.2, 0) is 17.9 Å². The van der Waals surface area contributed by atoms with Crippen LogP contribution >= 0.6 is 0 Å². The largest absolute Gasteiger partial charge is 0.494 e. The highest BCUT2D eigenvalue weighted by atomic mass is 19.1. The van der Waals surface area contributed by atoms with Crippen LogP contribution in [0.5, 0.6) is 5.75 Å². The fourth-order valence-corrected chi connectivity index (χ4v) is 2.97. The van der Waals surface area contributed by atoms with Crippen LogP contribution in [0.3, 0.4) is 0 Å². The number of aromatic amines is 1. The third-order valence-electron chi connectivity index (χ3n) is 4.49. The molecule has 1 heterocycles. The van der Waals surface area contributed by atoms with Crippen LogP contribution in [0.15, 0.2) is 52.1 Å². The van der Waals surface area contributed by atoms with Gasteiger partial charge in [-0.15, -0.1) is 0 Å². The quantitative estimate of drug-likeness (QED) is 0.702. The molecule has 1 aromatic heterocycles. The molecule has 0 aliphatic carbocycles. The molecular weight excluding hydrogens is 365 g/mol. The number of carbonyl (C=O) groups is 1. The number of nitrogens with zero attached hydrogens (tertiary/aromatic N) is 2. The van der Waals surface area contributed by atoms with Gasteiger partial charge < -0.3 is 9.64 Å². The maximum atomic E-state index is 13.8. The highest BCUT2D eigenvalue weighted by molar-refractivity contribution is 5.80. The number of nitrogens with one attached hydrogen (secondary N) is 1. The van der Waals surface area contributed by atoms with Gasteiger partial charge in [0.25, 0.3) is 11.1 Å². The number of aromatic nitrogens is 2. The summed E-state index contributed by atoms with van der Waals surface area (Å²) in [5, 5.41) is 3.12. The maximum absolute atomic E-state index is 13.8. The summed E-state index contributed by atoms with van der Waals surface area (Å²) in [6, 6.07) is 11.0. The minimum atomic E-state index is -0.499. The van der Waals surface area contributed by atoms with Gasteiger partial charge >= 0.3 is 0 Å². The molecule has 7 nitrogen and oxygen atoms in total. The minimum absolute atomic E-state index is 0.0172. The topological polar surface area (TPSA) is 84.4 Å². The zero-order chi connectivity index (χ0) is 20.3. The Kier molecular flexibility index (Phi) is 5.58. The number of carbonyl (C=O) groups excluding carboxylic acids is 1. The summed E-state index contributed by atoms with van der Waals surface area (Å²) in [7, 11) is 2.98. The van der Waals surface area contributed by atoms with Crippen molar-refractivity contribution in [1.29, 1.82) is 0 Å². The van der Waals surface area contributed by atoms with Crippen molar-refractivity contribution >= 4 is 16.7 Å². The van der Waals surface area contributed by atoms with E-state index in [1.807, 2.05) is 0 Å². The molecular formula is C20H20FN3O4. The summed E-state index contributed by atoms with van der Waals surface area (Å²) in [5.74, 6) is -0.601. The van der Waals surface area contributed by atoms with Crippen LogP contribution in [0.2, 0.25) is 0 Å². The van der Waals surface area contributed by atoms with Crippen molar-refractivity contribution in [3.8, 4) is 5.75 Å². The Hall–Kier alpha value is -3.42. The predicted molar refractivity (Wildman–Crippen MR) is 103 cm³/mol. The normalized spacial score (nSPS) is 10.8. The number of methoxy groups -OCH3 is 1. The molecule has 146 valence electrons. The molecule has 3 aromatic rings. The van der Waals surface area contributed by atoms with E-state index in [-0.39, 0.29) is 42.3 Å². The zero-order valence-electron chi connectivity index (χ0n) is 15.6. The van der Waals surface area contributed by atoms with Gasteiger partial charge in [-0.05, 0) is 29.8 Å². The standard InChI is InChI=1S/C20H20FN3O4/c1-23(12-13-7-8-17(28-2)16(21)11-13)18(25)9-10-24-20(27)15-6-4-3-5-14(15)19(26)22-24/h3-8,11H,9-10,12H2,1-2H3,(H,22,26). The van der Waals surface area contributed by atoms with E-state index in [1.54, 1.807) is 37.4 Å². The maximum Gasteiger partial charge on any atom is 0.273 e. The summed E-state index contributed by atoms with van der Waals surface area (Å²) in [6.07, 6.45) is 0.0172. The first-order chi connectivity index (χ1) is 13.4. The Morgan fingerprint density at radius 1 is 1.18 bits per heavy atom. The lowest BCUT2D eigenvalue weighted by Crippen LogP contribution is -2.33.